The fourth-order valence-electron chi connectivity index (χ4n) is 6.64. The maximum absolute atomic E-state index is 14.4. The Hall–Kier alpha value is -3.93. The Morgan fingerprint density at radius 3 is 2.38 bits per heavy atom. The van der Waals surface area contributed by atoms with Crippen molar-refractivity contribution in [1.82, 2.24) is 19.4 Å². The van der Waals surface area contributed by atoms with E-state index in [9.17, 15) is 14.0 Å². The van der Waals surface area contributed by atoms with Gasteiger partial charge in [-0.15, -0.1) is 0 Å². The van der Waals surface area contributed by atoms with Gasteiger partial charge in [0.2, 0.25) is 0 Å². The van der Waals surface area contributed by atoms with Gasteiger partial charge >= 0.3 is 11.7 Å². The molecule has 10 nitrogen and oxygen atoms in total. The Kier molecular flexibility index (Phi) is 9.67. The van der Waals surface area contributed by atoms with Crippen molar-refractivity contribution in [2.75, 3.05) is 70.5 Å². The molecule has 4 heterocycles. The summed E-state index contributed by atoms with van der Waals surface area (Å²) in [7, 11) is 0. The van der Waals surface area contributed by atoms with Gasteiger partial charge in [0, 0.05) is 81.7 Å². The van der Waals surface area contributed by atoms with Crippen molar-refractivity contribution in [2.45, 2.75) is 32.9 Å². The molecule has 0 aliphatic carbocycles. The first kappa shape index (κ1) is 31.1. The van der Waals surface area contributed by atoms with E-state index in [0.717, 1.165) is 24.2 Å². The van der Waals surface area contributed by atoms with Crippen LogP contribution >= 0.6 is 0 Å². The van der Waals surface area contributed by atoms with Gasteiger partial charge < -0.3 is 14.4 Å². The fourth-order valence-corrected chi connectivity index (χ4v) is 6.64. The third kappa shape index (κ3) is 6.70. The summed E-state index contributed by atoms with van der Waals surface area (Å²) in [5, 5.41) is 0. The molecule has 0 N–H and O–H groups in total. The largest absolute Gasteiger partial charge is 0.465 e. The van der Waals surface area contributed by atoms with Crippen LogP contribution in [-0.2, 0) is 27.4 Å². The first-order valence-corrected chi connectivity index (χ1v) is 15.9. The lowest BCUT2D eigenvalue weighted by Crippen LogP contribution is -2.48. The number of carbonyl (C=O) groups is 1. The molecule has 3 aliphatic heterocycles. The summed E-state index contributed by atoms with van der Waals surface area (Å²) in [5.74, 6) is -0.536. The topological polar surface area (TPSA) is 92.5 Å². The lowest BCUT2D eigenvalue weighted by molar-refractivity contribution is -0.146. The first-order valence-electron chi connectivity index (χ1n) is 15.9. The Morgan fingerprint density at radius 1 is 0.956 bits per heavy atom. The normalized spacial score (nSPS) is 20.9. The minimum absolute atomic E-state index is 0.208. The quantitative estimate of drug-likeness (QED) is 0.338. The first-order chi connectivity index (χ1) is 21.9. The molecular weight excluding hydrogens is 575 g/mol. The number of nitrogens with zero attached hydrogens (tertiary/aromatic N) is 6. The van der Waals surface area contributed by atoms with Gasteiger partial charge in [-0.3, -0.25) is 19.2 Å². The van der Waals surface area contributed by atoms with Crippen LogP contribution in [0.4, 0.5) is 16.0 Å². The predicted octanol–water partition coefficient (Wildman–Crippen LogP) is 3.45. The number of hydrogen-bond donors (Lipinski definition) is 0. The van der Waals surface area contributed by atoms with Gasteiger partial charge in [-0.1, -0.05) is 48.5 Å². The lowest BCUT2D eigenvalue weighted by atomic mass is 9.76. The number of esters is 1. The van der Waals surface area contributed by atoms with E-state index in [1.807, 2.05) is 49.4 Å². The summed E-state index contributed by atoms with van der Waals surface area (Å²) in [5.41, 5.74) is 2.63. The van der Waals surface area contributed by atoms with Crippen molar-refractivity contribution in [3.05, 3.63) is 87.6 Å². The van der Waals surface area contributed by atoms with Gasteiger partial charge in [0.25, 0.3) is 0 Å². The van der Waals surface area contributed by atoms with E-state index >= 15 is 0 Å². The number of hydrogen-bond acceptors (Lipinski definition) is 9. The molecule has 45 heavy (non-hydrogen) atoms. The number of ether oxygens (including phenoxy) is 2. The average molecular weight is 617 g/mol. The van der Waals surface area contributed by atoms with Gasteiger partial charge in [0.1, 0.15) is 23.4 Å². The zero-order chi connectivity index (χ0) is 31.3. The summed E-state index contributed by atoms with van der Waals surface area (Å²) < 4.78 is 27.2. The molecule has 0 radical (unpaired) electrons. The Labute approximate surface area is 263 Å². The van der Waals surface area contributed by atoms with Crippen LogP contribution in [0.15, 0.2) is 64.4 Å². The molecule has 0 saturated carbocycles. The van der Waals surface area contributed by atoms with Crippen molar-refractivity contribution in [3.63, 3.8) is 0 Å². The summed E-state index contributed by atoms with van der Waals surface area (Å²) in [4.78, 5) is 43.7. The van der Waals surface area contributed by atoms with E-state index in [-0.39, 0.29) is 24.1 Å². The molecule has 2 saturated heterocycles. The zero-order valence-electron chi connectivity index (χ0n) is 26.0. The minimum Gasteiger partial charge on any atom is -0.465 e. The number of aromatic nitrogens is 2. The molecule has 6 rings (SSSR count). The van der Waals surface area contributed by atoms with Crippen molar-refractivity contribution < 1.29 is 18.7 Å². The molecule has 0 bridgehead atoms. The van der Waals surface area contributed by atoms with E-state index in [2.05, 4.69) is 14.7 Å². The number of anilines is 1. The molecule has 11 heteroatoms. The number of fused-ring (bicyclic) bond motifs is 1. The van der Waals surface area contributed by atoms with Gasteiger partial charge in [-0.25, -0.2) is 14.2 Å². The molecule has 0 spiro atoms. The van der Waals surface area contributed by atoms with Crippen LogP contribution < -0.4 is 10.6 Å². The van der Waals surface area contributed by atoms with E-state index in [1.165, 1.54) is 6.07 Å². The zero-order valence-corrected chi connectivity index (χ0v) is 26.0. The van der Waals surface area contributed by atoms with Crippen molar-refractivity contribution >= 4 is 23.3 Å². The molecule has 0 amide bonds. The van der Waals surface area contributed by atoms with E-state index < -0.39 is 11.8 Å². The maximum atomic E-state index is 14.4. The second-order valence-electron chi connectivity index (χ2n) is 11.8. The van der Waals surface area contributed by atoms with Crippen LogP contribution in [-0.4, -0.2) is 96.7 Å². The number of rotatable bonds is 9. The highest BCUT2D eigenvalue weighted by Gasteiger charge is 2.43. The molecule has 2 aromatic carbocycles. The number of carbonyl (C=O) groups excluding carboxylic acids is 1. The van der Waals surface area contributed by atoms with Gasteiger partial charge in [0.05, 0.1) is 19.8 Å². The van der Waals surface area contributed by atoms with Crippen LogP contribution in [0, 0.1) is 11.7 Å². The summed E-state index contributed by atoms with van der Waals surface area (Å²) in [6.07, 6.45) is 0. The molecule has 1 aromatic heterocycles. The summed E-state index contributed by atoms with van der Waals surface area (Å²) >= 11 is 0. The van der Waals surface area contributed by atoms with Crippen molar-refractivity contribution in [3.8, 4) is 0 Å². The summed E-state index contributed by atoms with van der Waals surface area (Å²) in [6.45, 7) is 11.0. The molecule has 3 aromatic rings. The fraction of sp³-hybridized carbons (Fsp3) is 0.471. The maximum Gasteiger partial charge on any atom is 0.351 e. The van der Waals surface area contributed by atoms with Crippen molar-refractivity contribution in [1.29, 1.82) is 0 Å². The summed E-state index contributed by atoms with van der Waals surface area (Å²) in [6, 6.07) is 16.7. The molecule has 2 unspecified atom stereocenters. The average Bonchev–Trinajstić information content (AvgIpc) is 3.06. The highest BCUT2D eigenvalue weighted by Crippen LogP contribution is 2.46. The van der Waals surface area contributed by atoms with Crippen LogP contribution in [0.25, 0.3) is 0 Å². The number of benzene rings is 2. The number of aliphatic imine (C=N–C) groups is 1. The van der Waals surface area contributed by atoms with Crippen LogP contribution in [0.1, 0.15) is 36.5 Å². The van der Waals surface area contributed by atoms with Crippen LogP contribution in [0.2, 0.25) is 0 Å². The minimum atomic E-state index is -0.659. The number of morpholine rings is 1. The third-order valence-electron chi connectivity index (χ3n) is 9.01. The van der Waals surface area contributed by atoms with Gasteiger partial charge in [-0.2, -0.15) is 4.98 Å². The number of halogens is 1. The SMILES string of the molecule is CCOC(=O)C1C(C)=Nc2c(c(N3CCN(Cc4ccccc4F)CC3)nc(=O)n2CCN2CCOCC2)C1c1ccccc1. The van der Waals surface area contributed by atoms with E-state index in [1.54, 1.807) is 17.6 Å². The Bertz CT molecular complexity index is 1580. The highest BCUT2D eigenvalue weighted by molar-refractivity contribution is 6.05. The molecule has 2 fully saturated rings. The monoisotopic (exact) mass is 616 g/mol. The number of piperazine rings is 1. The van der Waals surface area contributed by atoms with E-state index in [0.29, 0.717) is 81.9 Å². The van der Waals surface area contributed by atoms with Crippen LogP contribution in [0.3, 0.4) is 0 Å². The second kappa shape index (κ2) is 14.0. The molecule has 238 valence electrons. The van der Waals surface area contributed by atoms with Crippen molar-refractivity contribution in [2.24, 2.45) is 10.9 Å². The molecule has 2 atom stereocenters. The smallest absolute Gasteiger partial charge is 0.351 e. The van der Waals surface area contributed by atoms with Crippen LogP contribution in [0.5, 0.6) is 0 Å². The predicted molar refractivity (Wildman–Crippen MR) is 171 cm³/mol. The standard InChI is InChI=1S/C34H41FN6O4/c1-3-45-33(42)28-24(2)36-32-30(29(28)25-9-5-4-6-10-25)31(37-34(43)41(32)18-15-38-19-21-44-22-20-38)40-16-13-39(14-17-40)23-26-11-7-8-12-27(26)35/h4-12,28-29H,3,13-23H2,1-2H3. The van der Waals surface area contributed by atoms with Gasteiger partial charge in [0.15, 0.2) is 0 Å². The Balaban J connectivity index is 1.40. The molecule has 3 aliphatic rings. The highest BCUT2D eigenvalue weighted by atomic mass is 19.1. The van der Waals surface area contributed by atoms with Gasteiger partial charge in [-0.05, 0) is 25.5 Å². The second-order valence-corrected chi connectivity index (χ2v) is 11.8. The molecular formula is C34H41FN6O4. The lowest BCUT2D eigenvalue weighted by Gasteiger charge is -2.39. The Morgan fingerprint density at radius 2 is 1.67 bits per heavy atom. The van der Waals surface area contributed by atoms with E-state index in [4.69, 9.17) is 19.5 Å². The third-order valence-corrected chi connectivity index (χ3v) is 9.01.